The van der Waals surface area contributed by atoms with Crippen LogP contribution in [0.15, 0.2) is 54.6 Å². The molecule has 1 aromatic heterocycles. The first-order chi connectivity index (χ1) is 25.7. The molecule has 16 heteroatoms. The molecule has 2 saturated heterocycles. The Morgan fingerprint density at radius 2 is 1.67 bits per heavy atom. The number of morpholine rings is 1. The predicted octanol–water partition coefficient (Wildman–Crippen LogP) is 4.47. The number of rotatable bonds is 10. The minimum absolute atomic E-state index is 0.0372. The maximum Gasteiger partial charge on any atom is 0.407 e. The summed E-state index contributed by atoms with van der Waals surface area (Å²) in [4.78, 5) is 58.2. The number of nitrogens with one attached hydrogen (secondary N) is 4. The van der Waals surface area contributed by atoms with Crippen molar-refractivity contribution in [3.8, 4) is 0 Å². The number of benzene rings is 2. The zero-order valence-electron chi connectivity index (χ0n) is 30.8. The molecule has 2 aliphatic heterocycles. The number of fused-ring (bicyclic) bond motifs is 1. The van der Waals surface area contributed by atoms with Gasteiger partial charge in [0.1, 0.15) is 24.0 Å². The quantitative estimate of drug-likeness (QED) is 0.233. The van der Waals surface area contributed by atoms with Crippen molar-refractivity contribution in [3.63, 3.8) is 0 Å². The molecule has 4 amide bonds. The molecule has 54 heavy (non-hydrogen) atoms. The summed E-state index contributed by atoms with van der Waals surface area (Å²) in [6.07, 6.45) is 2.02. The highest BCUT2D eigenvalue weighted by atomic mass is 32.2. The Morgan fingerprint density at radius 1 is 0.963 bits per heavy atom. The third-order valence-corrected chi connectivity index (χ3v) is 11.9. The Labute approximate surface area is 314 Å². The standard InChI is InChI=1S/C38H49FN6O8S/c1-38(2,3)53-37(49)42-32(23-39)25-9-11-26(12-10-25)36(48)45-16-15-29(24-7-5-4-6-8-24)33(45)35(47)40-28-13-14-30-27(21-28)22-31(41-30)34(46)43-54(50,51)44-17-19-52-20-18-44/h4-8,13-14,21-22,25-26,29,32-33,41H,9-12,15-20,23H2,1-3H3,(H,40,47)(H,42,49)(H,43,46)/t25-,26-,29-,32-,33+/m1/s1. The lowest BCUT2D eigenvalue weighted by atomic mass is 9.78. The van der Waals surface area contributed by atoms with Gasteiger partial charge >= 0.3 is 16.3 Å². The Bertz CT molecular complexity index is 1940. The van der Waals surface area contributed by atoms with E-state index >= 15 is 0 Å². The van der Waals surface area contributed by atoms with Crippen LogP contribution in [0.4, 0.5) is 14.9 Å². The molecule has 292 valence electrons. The third-order valence-electron chi connectivity index (χ3n) is 10.4. The number of ether oxygens (including phenoxy) is 2. The van der Waals surface area contributed by atoms with Gasteiger partial charge in [0.05, 0.1) is 19.3 Å². The van der Waals surface area contributed by atoms with Crippen LogP contribution in [-0.2, 0) is 29.3 Å². The number of hydrogen-bond acceptors (Lipinski definition) is 8. The summed E-state index contributed by atoms with van der Waals surface area (Å²) < 4.78 is 53.3. The van der Waals surface area contributed by atoms with E-state index in [9.17, 15) is 32.0 Å². The average molecular weight is 769 g/mol. The fourth-order valence-electron chi connectivity index (χ4n) is 7.73. The molecule has 3 aliphatic rings. The lowest BCUT2D eigenvalue weighted by molar-refractivity contribution is -0.141. The van der Waals surface area contributed by atoms with E-state index in [-0.39, 0.29) is 61.6 Å². The maximum absolute atomic E-state index is 14.2. The van der Waals surface area contributed by atoms with E-state index in [1.807, 2.05) is 30.3 Å². The second-order valence-corrected chi connectivity index (χ2v) is 16.9. The fourth-order valence-corrected chi connectivity index (χ4v) is 8.83. The first kappa shape index (κ1) is 39.2. The van der Waals surface area contributed by atoms with E-state index in [0.717, 1.165) is 9.87 Å². The van der Waals surface area contributed by atoms with E-state index in [2.05, 4.69) is 20.3 Å². The lowest BCUT2D eigenvalue weighted by Crippen LogP contribution is -2.49. The zero-order chi connectivity index (χ0) is 38.6. The van der Waals surface area contributed by atoms with Crippen LogP contribution in [0, 0.1) is 11.8 Å². The van der Waals surface area contributed by atoms with Gasteiger partial charge in [-0.05, 0) is 88.6 Å². The number of halogens is 1. The topological polar surface area (TPSA) is 179 Å². The first-order valence-electron chi connectivity index (χ1n) is 18.5. The van der Waals surface area contributed by atoms with Crippen LogP contribution >= 0.6 is 0 Å². The fraction of sp³-hybridized carbons (Fsp3) is 0.526. The van der Waals surface area contributed by atoms with E-state index in [1.54, 1.807) is 43.9 Å². The number of anilines is 1. The summed E-state index contributed by atoms with van der Waals surface area (Å²) in [5, 5.41) is 6.23. The Balaban J connectivity index is 1.14. The average Bonchev–Trinajstić information content (AvgIpc) is 3.79. The van der Waals surface area contributed by atoms with E-state index in [1.165, 1.54) is 6.07 Å². The molecule has 14 nitrogen and oxygen atoms in total. The smallest absolute Gasteiger partial charge is 0.407 e. The number of aromatic amines is 1. The van der Waals surface area contributed by atoms with Gasteiger partial charge in [-0.1, -0.05) is 30.3 Å². The van der Waals surface area contributed by atoms with Gasteiger partial charge in [0, 0.05) is 48.1 Å². The molecule has 3 fully saturated rings. The number of carbonyl (C=O) groups is 4. The summed E-state index contributed by atoms with van der Waals surface area (Å²) in [6.45, 7) is 5.66. The van der Waals surface area contributed by atoms with Gasteiger partial charge in [-0.3, -0.25) is 14.4 Å². The molecular weight excluding hydrogens is 720 g/mol. The number of alkyl halides is 1. The Morgan fingerprint density at radius 3 is 2.33 bits per heavy atom. The highest BCUT2D eigenvalue weighted by Crippen LogP contribution is 2.39. The predicted molar refractivity (Wildman–Crippen MR) is 200 cm³/mol. The van der Waals surface area contributed by atoms with Crippen LogP contribution in [0.1, 0.15) is 74.8 Å². The zero-order valence-corrected chi connectivity index (χ0v) is 31.6. The van der Waals surface area contributed by atoms with E-state index in [4.69, 9.17) is 9.47 Å². The molecule has 2 aromatic carbocycles. The Hall–Kier alpha value is -4.54. The number of H-pyrrole nitrogens is 1. The van der Waals surface area contributed by atoms with Gasteiger partial charge in [0.15, 0.2) is 0 Å². The van der Waals surface area contributed by atoms with Crippen molar-refractivity contribution in [2.75, 3.05) is 44.8 Å². The SMILES string of the molecule is CC(C)(C)OC(=O)N[C@H](CF)[C@H]1CC[C@H](C(=O)N2CC[C@H](c3ccccc3)[C@H]2C(=O)Nc2ccc3[nH]c(C(=O)NS(=O)(=O)N4CCOCC4)cc3c2)CC1. The second-order valence-electron chi connectivity index (χ2n) is 15.2. The van der Waals surface area contributed by atoms with E-state index in [0.29, 0.717) is 55.2 Å². The molecule has 3 heterocycles. The van der Waals surface area contributed by atoms with Crippen molar-refractivity contribution in [2.24, 2.45) is 11.8 Å². The molecule has 0 bridgehead atoms. The number of alkyl carbamates (subject to hydrolysis) is 1. The number of hydrogen-bond donors (Lipinski definition) is 4. The van der Waals surface area contributed by atoms with Crippen molar-refractivity contribution >= 4 is 50.6 Å². The number of nitrogens with zero attached hydrogens (tertiary/aromatic N) is 2. The van der Waals surface area contributed by atoms with Crippen molar-refractivity contribution in [2.45, 2.75) is 76.5 Å². The molecule has 1 aliphatic carbocycles. The number of aromatic nitrogens is 1. The largest absolute Gasteiger partial charge is 0.444 e. The second kappa shape index (κ2) is 16.4. The minimum Gasteiger partial charge on any atom is -0.444 e. The molecule has 0 radical (unpaired) electrons. The highest BCUT2D eigenvalue weighted by Gasteiger charge is 2.45. The summed E-state index contributed by atoms with van der Waals surface area (Å²) >= 11 is 0. The van der Waals surface area contributed by atoms with Crippen LogP contribution in [0.25, 0.3) is 10.9 Å². The van der Waals surface area contributed by atoms with Gasteiger partial charge in [0.2, 0.25) is 11.8 Å². The van der Waals surface area contributed by atoms with Crippen LogP contribution in [0.3, 0.4) is 0 Å². The van der Waals surface area contributed by atoms with Crippen LogP contribution in [0.5, 0.6) is 0 Å². The highest BCUT2D eigenvalue weighted by molar-refractivity contribution is 7.87. The minimum atomic E-state index is -4.06. The molecular formula is C38H49FN6O8S. The lowest BCUT2D eigenvalue weighted by Gasteiger charge is -2.36. The molecule has 4 N–H and O–H groups in total. The van der Waals surface area contributed by atoms with Crippen molar-refractivity contribution in [3.05, 3.63) is 65.9 Å². The van der Waals surface area contributed by atoms with Crippen LogP contribution in [0.2, 0.25) is 0 Å². The normalized spacial score (nSPS) is 23.1. The monoisotopic (exact) mass is 768 g/mol. The Kier molecular flexibility index (Phi) is 11.9. The van der Waals surface area contributed by atoms with Gasteiger partial charge in [-0.2, -0.15) is 12.7 Å². The van der Waals surface area contributed by atoms with Crippen LogP contribution < -0.4 is 15.4 Å². The van der Waals surface area contributed by atoms with Gasteiger partial charge in [0.25, 0.3) is 5.91 Å². The van der Waals surface area contributed by atoms with Crippen LogP contribution in [-0.4, -0.2) is 104 Å². The molecule has 3 atom stereocenters. The summed E-state index contributed by atoms with van der Waals surface area (Å²) in [7, 11) is -4.06. The van der Waals surface area contributed by atoms with Crippen molar-refractivity contribution < 1.29 is 41.5 Å². The number of carbonyl (C=O) groups excluding carboxylic acids is 4. The molecule has 6 rings (SSSR count). The van der Waals surface area contributed by atoms with Gasteiger partial charge in [-0.15, -0.1) is 0 Å². The van der Waals surface area contributed by atoms with Gasteiger partial charge in [-0.25, -0.2) is 13.9 Å². The first-order valence-corrected chi connectivity index (χ1v) is 19.9. The van der Waals surface area contributed by atoms with Gasteiger partial charge < -0.3 is 30.0 Å². The van der Waals surface area contributed by atoms with Crippen molar-refractivity contribution in [1.82, 2.24) is 24.2 Å². The number of amides is 4. The molecule has 0 spiro atoms. The summed E-state index contributed by atoms with van der Waals surface area (Å²) in [5.41, 5.74) is 1.28. The summed E-state index contributed by atoms with van der Waals surface area (Å²) in [6, 6.07) is 14.7. The third kappa shape index (κ3) is 9.21. The van der Waals surface area contributed by atoms with Crippen molar-refractivity contribution in [1.29, 1.82) is 0 Å². The molecule has 1 saturated carbocycles. The molecule has 3 aromatic rings. The van der Waals surface area contributed by atoms with E-state index < -0.39 is 46.6 Å². The number of likely N-dealkylation sites (tertiary alicyclic amines) is 1. The summed E-state index contributed by atoms with van der Waals surface area (Å²) in [5.74, 6) is -2.03. The molecule has 0 unspecified atom stereocenters. The maximum atomic E-state index is 14.2.